The summed E-state index contributed by atoms with van der Waals surface area (Å²) in [5.74, 6) is 0.915. The van der Waals surface area contributed by atoms with Crippen molar-refractivity contribution in [1.29, 1.82) is 0 Å². The van der Waals surface area contributed by atoms with E-state index in [9.17, 15) is 13.2 Å². The molecule has 0 unspecified atom stereocenters. The molecule has 1 saturated heterocycles. The van der Waals surface area contributed by atoms with Gasteiger partial charge in [-0.05, 0) is 43.2 Å². The van der Waals surface area contributed by atoms with Crippen molar-refractivity contribution in [3.63, 3.8) is 0 Å². The summed E-state index contributed by atoms with van der Waals surface area (Å²) in [5, 5.41) is -0.464. The van der Waals surface area contributed by atoms with Crippen LogP contribution < -0.4 is 9.47 Å². The molecule has 0 saturated carbocycles. The fourth-order valence-electron chi connectivity index (χ4n) is 3.32. The molecule has 27 heavy (non-hydrogen) atoms. The van der Waals surface area contributed by atoms with E-state index in [1.54, 1.807) is 53.4 Å². The second-order valence-corrected chi connectivity index (χ2v) is 8.65. The first-order valence-corrected chi connectivity index (χ1v) is 10.3. The summed E-state index contributed by atoms with van der Waals surface area (Å²) in [4.78, 5) is 14.8. The molecule has 0 aromatic heterocycles. The number of methoxy groups -OCH3 is 2. The molecule has 0 spiro atoms. The predicted octanol–water partition coefficient (Wildman–Crippen LogP) is 2.78. The van der Waals surface area contributed by atoms with Gasteiger partial charge in [-0.2, -0.15) is 0 Å². The molecule has 7 heteroatoms. The van der Waals surface area contributed by atoms with E-state index in [1.807, 2.05) is 0 Å². The number of carbonyl (C=O) groups excluding carboxylic acids is 1. The van der Waals surface area contributed by atoms with E-state index in [2.05, 4.69) is 0 Å². The van der Waals surface area contributed by atoms with Crippen molar-refractivity contribution >= 4 is 15.7 Å². The van der Waals surface area contributed by atoms with Gasteiger partial charge >= 0.3 is 0 Å². The van der Waals surface area contributed by atoms with Crippen LogP contribution in [0.3, 0.4) is 0 Å². The van der Waals surface area contributed by atoms with Crippen LogP contribution >= 0.6 is 0 Å². The molecule has 144 valence electrons. The van der Waals surface area contributed by atoms with E-state index in [0.29, 0.717) is 47.9 Å². The van der Waals surface area contributed by atoms with Crippen LogP contribution in [0.25, 0.3) is 0 Å². The average Bonchev–Trinajstić information content (AvgIpc) is 2.73. The summed E-state index contributed by atoms with van der Waals surface area (Å²) in [6, 6.07) is 13.5. The molecule has 0 atom stereocenters. The number of hydrogen-bond donors (Lipinski definition) is 0. The first kappa shape index (κ1) is 19.2. The van der Waals surface area contributed by atoms with E-state index in [0.717, 1.165) is 0 Å². The van der Waals surface area contributed by atoms with E-state index >= 15 is 0 Å². The molecule has 0 radical (unpaired) electrons. The number of sulfone groups is 1. The van der Waals surface area contributed by atoms with Crippen molar-refractivity contribution in [1.82, 2.24) is 4.90 Å². The van der Waals surface area contributed by atoms with Crippen molar-refractivity contribution in [2.45, 2.75) is 23.0 Å². The zero-order valence-corrected chi connectivity index (χ0v) is 16.2. The minimum absolute atomic E-state index is 0.133. The Hall–Kier alpha value is -2.54. The lowest BCUT2D eigenvalue weighted by molar-refractivity contribution is 0.0725. The average molecular weight is 389 g/mol. The first-order valence-electron chi connectivity index (χ1n) is 8.77. The van der Waals surface area contributed by atoms with Crippen molar-refractivity contribution < 1.29 is 22.7 Å². The number of benzene rings is 2. The number of nitrogens with zero attached hydrogens (tertiary/aromatic N) is 1. The van der Waals surface area contributed by atoms with Gasteiger partial charge in [-0.25, -0.2) is 8.42 Å². The lowest BCUT2D eigenvalue weighted by Gasteiger charge is -2.32. The van der Waals surface area contributed by atoms with Crippen molar-refractivity contribution in [2.75, 3.05) is 27.3 Å². The highest BCUT2D eigenvalue weighted by Crippen LogP contribution is 2.29. The highest BCUT2D eigenvalue weighted by molar-refractivity contribution is 7.92. The largest absolute Gasteiger partial charge is 0.493 e. The van der Waals surface area contributed by atoms with Crippen LogP contribution in [-0.2, 0) is 9.84 Å². The Morgan fingerprint density at radius 3 is 2.19 bits per heavy atom. The number of rotatable bonds is 5. The number of ether oxygens (including phenoxy) is 2. The molecule has 6 nitrogen and oxygen atoms in total. The molecule has 1 fully saturated rings. The molecule has 1 aliphatic rings. The topological polar surface area (TPSA) is 72.9 Å². The Kier molecular flexibility index (Phi) is 5.70. The molecule has 0 aliphatic carbocycles. The van der Waals surface area contributed by atoms with E-state index < -0.39 is 15.1 Å². The van der Waals surface area contributed by atoms with Gasteiger partial charge in [-0.15, -0.1) is 0 Å². The van der Waals surface area contributed by atoms with Crippen LogP contribution in [0.4, 0.5) is 0 Å². The minimum Gasteiger partial charge on any atom is -0.493 e. The molecular formula is C20H23NO5S. The number of hydrogen-bond acceptors (Lipinski definition) is 5. The predicted molar refractivity (Wildman–Crippen MR) is 102 cm³/mol. The van der Waals surface area contributed by atoms with Crippen LogP contribution in [0.15, 0.2) is 53.4 Å². The van der Waals surface area contributed by atoms with Gasteiger partial charge in [-0.3, -0.25) is 4.79 Å². The quantitative estimate of drug-likeness (QED) is 0.786. The molecule has 1 heterocycles. The maximum absolute atomic E-state index is 12.8. The monoisotopic (exact) mass is 389 g/mol. The minimum atomic E-state index is -3.37. The van der Waals surface area contributed by atoms with Gasteiger partial charge in [0.25, 0.3) is 5.91 Å². The van der Waals surface area contributed by atoms with Crippen molar-refractivity contribution in [2.24, 2.45) is 0 Å². The Balaban J connectivity index is 1.70. The molecular weight excluding hydrogens is 366 g/mol. The highest BCUT2D eigenvalue weighted by Gasteiger charge is 2.33. The van der Waals surface area contributed by atoms with Gasteiger partial charge in [0.2, 0.25) is 0 Å². The summed E-state index contributed by atoms with van der Waals surface area (Å²) >= 11 is 0. The van der Waals surface area contributed by atoms with E-state index in [1.165, 1.54) is 14.2 Å². The van der Waals surface area contributed by atoms with Crippen LogP contribution in [0.2, 0.25) is 0 Å². The molecule has 1 aliphatic heterocycles. The third-order valence-electron chi connectivity index (χ3n) is 4.87. The van der Waals surface area contributed by atoms with E-state index in [4.69, 9.17) is 9.47 Å². The lowest BCUT2D eigenvalue weighted by Crippen LogP contribution is -2.42. The summed E-state index contributed by atoms with van der Waals surface area (Å²) in [6.45, 7) is 0.813. The summed E-state index contributed by atoms with van der Waals surface area (Å²) in [5.41, 5.74) is 0.497. The van der Waals surface area contributed by atoms with Crippen molar-refractivity contribution in [3.8, 4) is 11.5 Å². The number of piperidine rings is 1. The first-order chi connectivity index (χ1) is 13.0. The SMILES string of the molecule is COc1ccc(C(=O)N2CCC(S(=O)(=O)c3ccccc3)CC2)cc1OC. The standard InChI is InChI=1S/C20H23NO5S/c1-25-18-9-8-15(14-19(18)26-2)20(22)21-12-10-17(11-13-21)27(23,24)16-6-4-3-5-7-16/h3-9,14,17H,10-13H2,1-2H3. The van der Waals surface area contributed by atoms with Crippen LogP contribution in [0.5, 0.6) is 11.5 Å². The van der Waals surface area contributed by atoms with Gasteiger partial charge < -0.3 is 14.4 Å². The molecule has 3 rings (SSSR count). The lowest BCUT2D eigenvalue weighted by atomic mass is 10.1. The molecule has 2 aromatic carbocycles. The zero-order valence-electron chi connectivity index (χ0n) is 15.4. The third-order valence-corrected chi connectivity index (χ3v) is 7.15. The smallest absolute Gasteiger partial charge is 0.253 e. The maximum atomic E-state index is 12.8. The summed E-state index contributed by atoms with van der Waals surface area (Å²) in [6.07, 6.45) is 0.854. The van der Waals surface area contributed by atoms with Gasteiger partial charge in [-0.1, -0.05) is 18.2 Å². The fraction of sp³-hybridized carbons (Fsp3) is 0.350. The normalized spacial score (nSPS) is 15.4. The molecule has 1 amide bonds. The maximum Gasteiger partial charge on any atom is 0.253 e. The number of likely N-dealkylation sites (tertiary alicyclic amines) is 1. The van der Waals surface area contributed by atoms with Crippen molar-refractivity contribution in [3.05, 3.63) is 54.1 Å². The third kappa shape index (κ3) is 3.93. The zero-order chi connectivity index (χ0) is 19.4. The van der Waals surface area contributed by atoms with E-state index in [-0.39, 0.29) is 5.91 Å². The second kappa shape index (κ2) is 8.00. The molecule has 2 aromatic rings. The Morgan fingerprint density at radius 2 is 1.59 bits per heavy atom. The Labute approximate surface area is 159 Å². The van der Waals surface area contributed by atoms with Gasteiger partial charge in [0, 0.05) is 18.7 Å². The highest BCUT2D eigenvalue weighted by atomic mass is 32.2. The summed E-state index contributed by atoms with van der Waals surface area (Å²) in [7, 11) is -0.311. The summed E-state index contributed by atoms with van der Waals surface area (Å²) < 4.78 is 36.0. The van der Waals surface area contributed by atoms with Crippen LogP contribution in [0, 0.1) is 0 Å². The van der Waals surface area contributed by atoms with Gasteiger partial charge in [0.05, 0.1) is 24.4 Å². The fourth-order valence-corrected chi connectivity index (χ4v) is 5.08. The Morgan fingerprint density at radius 1 is 0.963 bits per heavy atom. The second-order valence-electron chi connectivity index (χ2n) is 6.42. The van der Waals surface area contributed by atoms with Crippen LogP contribution in [-0.4, -0.2) is 51.8 Å². The molecule has 0 bridgehead atoms. The number of amides is 1. The Bertz CT molecular complexity index is 903. The molecule has 0 N–H and O–H groups in total. The number of carbonyl (C=O) groups is 1. The van der Waals surface area contributed by atoms with Crippen LogP contribution in [0.1, 0.15) is 23.2 Å². The van der Waals surface area contributed by atoms with Gasteiger partial charge in [0.1, 0.15) is 0 Å². The van der Waals surface area contributed by atoms with Gasteiger partial charge in [0.15, 0.2) is 21.3 Å².